The molecular formula is C27H35N7O5S. The number of aryl methyl sites for hydroxylation is 3. The summed E-state index contributed by atoms with van der Waals surface area (Å²) in [6, 6.07) is 8.17. The first-order valence-corrected chi connectivity index (χ1v) is 14.5. The average molecular weight is 570 g/mol. The molecule has 1 aliphatic heterocycles. The van der Waals surface area contributed by atoms with Crippen LogP contribution >= 0.6 is 0 Å². The van der Waals surface area contributed by atoms with Crippen molar-refractivity contribution in [2.75, 3.05) is 13.1 Å². The van der Waals surface area contributed by atoms with E-state index in [1.165, 1.54) is 6.07 Å². The van der Waals surface area contributed by atoms with E-state index >= 15 is 0 Å². The van der Waals surface area contributed by atoms with Gasteiger partial charge in [0.05, 0.1) is 16.6 Å². The van der Waals surface area contributed by atoms with Crippen molar-refractivity contribution >= 4 is 32.8 Å². The maximum Gasteiger partial charge on any atom is 0.345 e. The number of amides is 1. The summed E-state index contributed by atoms with van der Waals surface area (Å²) in [5.41, 5.74) is 0.419. The normalized spacial score (nSPS) is 16.8. The number of benzene rings is 2. The molecule has 7 N–H and O–H groups in total. The summed E-state index contributed by atoms with van der Waals surface area (Å²) >= 11 is 0. The second-order valence-corrected chi connectivity index (χ2v) is 11.6. The number of aromatic nitrogens is 2. The van der Waals surface area contributed by atoms with Gasteiger partial charge in [-0.3, -0.25) is 20.5 Å². The molecule has 0 saturated heterocycles. The van der Waals surface area contributed by atoms with Crippen LogP contribution in [0, 0.1) is 20.8 Å². The summed E-state index contributed by atoms with van der Waals surface area (Å²) in [4.78, 5) is 26.1. The molecule has 4 rings (SSSR count). The standard InChI is InChI=1S/C27H35N7O5S/c1-17-13-18(2)23(19(3)14-17)40(38,39)34-27(25(36)37,9-4-5-10-28-26-29-11-6-12-30-26)32-24(35)20-7-8-22-21(15-20)16-31-33-22/h6-8,11,13-16,26,28-30,34H,4-5,9-10,12H2,1-3H3,(H,31,33)(H,32,35)(H,36,37). The number of carboxylic acids is 1. The number of nitrogens with one attached hydrogen (secondary N) is 6. The smallest absolute Gasteiger partial charge is 0.345 e. The Hall–Kier alpha value is -3.78. The number of H-pyrrole nitrogens is 1. The Morgan fingerprint density at radius 1 is 1.12 bits per heavy atom. The predicted octanol–water partition coefficient (Wildman–Crippen LogP) is 1.73. The first-order chi connectivity index (χ1) is 19.0. The van der Waals surface area contributed by atoms with Gasteiger partial charge in [0.15, 0.2) is 0 Å². The Kier molecular flexibility index (Phi) is 8.88. The van der Waals surface area contributed by atoms with E-state index in [1.54, 1.807) is 44.3 Å². The van der Waals surface area contributed by atoms with E-state index < -0.39 is 27.6 Å². The number of nitrogens with zero attached hydrogens (tertiary/aromatic N) is 1. The summed E-state index contributed by atoms with van der Waals surface area (Å²) in [7, 11) is -4.36. The van der Waals surface area contributed by atoms with Gasteiger partial charge < -0.3 is 15.7 Å². The molecular weight excluding hydrogens is 534 g/mol. The Morgan fingerprint density at radius 2 is 1.88 bits per heavy atom. The molecule has 2 unspecified atom stereocenters. The molecule has 0 bridgehead atoms. The molecule has 3 aromatic rings. The lowest BCUT2D eigenvalue weighted by molar-refractivity contribution is -0.145. The molecule has 13 heteroatoms. The summed E-state index contributed by atoms with van der Waals surface area (Å²) in [5.74, 6) is -2.24. The van der Waals surface area contributed by atoms with Crippen LogP contribution in [0.15, 0.2) is 53.7 Å². The van der Waals surface area contributed by atoms with Crippen molar-refractivity contribution in [2.45, 2.75) is 56.9 Å². The Labute approximate surface area is 233 Å². The highest BCUT2D eigenvalue weighted by molar-refractivity contribution is 7.89. The summed E-state index contributed by atoms with van der Waals surface area (Å²) in [5, 5.41) is 29.9. The van der Waals surface area contributed by atoms with Gasteiger partial charge in [-0.1, -0.05) is 23.8 Å². The van der Waals surface area contributed by atoms with Gasteiger partial charge in [-0.2, -0.15) is 9.82 Å². The van der Waals surface area contributed by atoms with Gasteiger partial charge >= 0.3 is 5.97 Å². The van der Waals surface area contributed by atoms with Crippen LogP contribution in [0.25, 0.3) is 10.9 Å². The summed E-state index contributed by atoms with van der Waals surface area (Å²) < 4.78 is 29.7. The van der Waals surface area contributed by atoms with E-state index in [-0.39, 0.29) is 23.2 Å². The van der Waals surface area contributed by atoms with Crippen LogP contribution < -0.4 is 26.0 Å². The van der Waals surface area contributed by atoms with Crippen molar-refractivity contribution in [2.24, 2.45) is 0 Å². The largest absolute Gasteiger partial charge is 0.478 e. The Bertz CT molecular complexity index is 1510. The van der Waals surface area contributed by atoms with Crippen LogP contribution in [-0.4, -0.2) is 60.6 Å². The molecule has 12 nitrogen and oxygen atoms in total. The number of aliphatic carboxylic acids is 1. The van der Waals surface area contributed by atoms with Crippen LogP contribution in [0.5, 0.6) is 0 Å². The van der Waals surface area contributed by atoms with E-state index in [0.29, 0.717) is 48.0 Å². The minimum Gasteiger partial charge on any atom is -0.478 e. The topological polar surface area (TPSA) is 177 Å². The predicted molar refractivity (Wildman–Crippen MR) is 151 cm³/mol. The lowest BCUT2D eigenvalue weighted by atomic mass is 10.0. The number of hydrogen-bond donors (Lipinski definition) is 7. The highest BCUT2D eigenvalue weighted by Gasteiger charge is 2.44. The van der Waals surface area contributed by atoms with E-state index in [0.717, 1.165) is 5.56 Å². The number of aromatic amines is 1. The van der Waals surface area contributed by atoms with Crippen LogP contribution in [0.1, 0.15) is 46.3 Å². The molecule has 2 heterocycles. The van der Waals surface area contributed by atoms with Gasteiger partial charge in [-0.15, -0.1) is 0 Å². The SMILES string of the molecule is Cc1cc(C)c(S(=O)(=O)NC(CCCCNC2NC=CCN2)(NC(=O)c2ccc3[nH]ncc3c2)C(=O)O)c(C)c1. The molecule has 0 saturated carbocycles. The minimum absolute atomic E-state index is 0.0121. The van der Waals surface area contributed by atoms with Crippen LogP contribution in [0.3, 0.4) is 0 Å². The first-order valence-electron chi connectivity index (χ1n) is 13.0. The first kappa shape index (κ1) is 29.2. The van der Waals surface area contributed by atoms with E-state index in [2.05, 4.69) is 36.2 Å². The van der Waals surface area contributed by atoms with Gasteiger partial charge in [0.25, 0.3) is 5.91 Å². The maximum absolute atomic E-state index is 13.7. The van der Waals surface area contributed by atoms with Crippen molar-refractivity contribution in [3.05, 3.63) is 71.1 Å². The molecule has 0 radical (unpaired) electrons. The number of sulfonamides is 1. The minimum atomic E-state index is -4.36. The van der Waals surface area contributed by atoms with Gasteiger partial charge in [0, 0.05) is 17.5 Å². The van der Waals surface area contributed by atoms with Gasteiger partial charge in [0.1, 0.15) is 6.29 Å². The third-order valence-corrected chi connectivity index (χ3v) is 8.52. The molecule has 2 aromatic carbocycles. The molecule has 0 aliphatic carbocycles. The summed E-state index contributed by atoms with van der Waals surface area (Å²) in [6.45, 7) is 6.41. The monoisotopic (exact) mass is 569 g/mol. The molecule has 0 fully saturated rings. The fraction of sp³-hybridized carbons (Fsp3) is 0.370. The molecule has 1 aromatic heterocycles. The molecule has 1 aliphatic rings. The number of fused-ring (bicyclic) bond motifs is 1. The molecule has 0 spiro atoms. The third kappa shape index (κ3) is 6.67. The van der Waals surface area contributed by atoms with Crippen molar-refractivity contribution < 1.29 is 23.1 Å². The van der Waals surface area contributed by atoms with E-state index in [9.17, 15) is 23.1 Å². The van der Waals surface area contributed by atoms with Crippen LogP contribution in [0.4, 0.5) is 0 Å². The van der Waals surface area contributed by atoms with Crippen molar-refractivity contribution in [1.82, 2.24) is 36.2 Å². The number of carbonyl (C=O) groups is 2. The third-order valence-electron chi connectivity index (χ3n) is 6.72. The number of unbranched alkanes of at least 4 members (excludes halogenated alkanes) is 1. The second kappa shape index (κ2) is 12.2. The van der Waals surface area contributed by atoms with E-state index in [4.69, 9.17) is 0 Å². The fourth-order valence-corrected chi connectivity index (χ4v) is 6.69. The maximum atomic E-state index is 13.7. The van der Waals surface area contributed by atoms with Gasteiger partial charge in [0.2, 0.25) is 15.7 Å². The van der Waals surface area contributed by atoms with Crippen molar-refractivity contribution in [1.29, 1.82) is 0 Å². The van der Waals surface area contributed by atoms with Gasteiger partial charge in [-0.05, 0) is 82.1 Å². The average Bonchev–Trinajstić information content (AvgIpc) is 3.36. The van der Waals surface area contributed by atoms with Crippen molar-refractivity contribution in [3.8, 4) is 0 Å². The van der Waals surface area contributed by atoms with Crippen LogP contribution in [-0.2, 0) is 14.8 Å². The number of hydrogen-bond acceptors (Lipinski definition) is 8. The lowest BCUT2D eigenvalue weighted by Crippen LogP contribution is -2.65. The molecule has 2 atom stereocenters. The molecule has 214 valence electrons. The van der Waals surface area contributed by atoms with Gasteiger partial charge in [-0.25, -0.2) is 13.2 Å². The Morgan fingerprint density at radius 3 is 2.55 bits per heavy atom. The number of carbonyl (C=O) groups excluding carboxylic acids is 1. The highest BCUT2D eigenvalue weighted by Crippen LogP contribution is 2.25. The van der Waals surface area contributed by atoms with Crippen LogP contribution in [0.2, 0.25) is 0 Å². The van der Waals surface area contributed by atoms with E-state index in [1.807, 2.05) is 19.2 Å². The fourth-order valence-electron chi connectivity index (χ4n) is 4.92. The zero-order valence-corrected chi connectivity index (χ0v) is 23.5. The zero-order valence-electron chi connectivity index (χ0n) is 22.7. The Balaban J connectivity index is 1.60. The van der Waals surface area contributed by atoms with Crippen molar-refractivity contribution in [3.63, 3.8) is 0 Å². The molecule has 40 heavy (non-hydrogen) atoms. The lowest BCUT2D eigenvalue weighted by Gasteiger charge is -2.32. The number of rotatable bonds is 12. The number of carboxylic acid groups (broad SMARTS) is 1. The second-order valence-electron chi connectivity index (χ2n) is 9.99. The highest BCUT2D eigenvalue weighted by atomic mass is 32.2. The molecule has 1 amide bonds. The summed E-state index contributed by atoms with van der Waals surface area (Å²) in [6.07, 6.45) is 5.84. The zero-order chi connectivity index (χ0) is 28.9. The quantitative estimate of drug-likeness (QED) is 0.126.